The molecular formula is C14H24O12. The molecule has 0 amide bonds. The Morgan fingerprint density at radius 3 is 2.12 bits per heavy atom. The van der Waals surface area contributed by atoms with E-state index in [1.165, 1.54) is 0 Å². The maximum Gasteiger partial charge on any atom is 0.302 e. The molecule has 2 heterocycles. The Morgan fingerprint density at radius 1 is 0.885 bits per heavy atom. The fourth-order valence-corrected chi connectivity index (χ4v) is 2.76. The van der Waals surface area contributed by atoms with Crippen molar-refractivity contribution in [3.63, 3.8) is 0 Å². The van der Waals surface area contributed by atoms with Crippen LogP contribution in [0.2, 0.25) is 0 Å². The Labute approximate surface area is 148 Å². The van der Waals surface area contributed by atoms with Crippen molar-refractivity contribution < 1.29 is 59.5 Å². The van der Waals surface area contributed by atoms with Crippen LogP contribution in [0.25, 0.3) is 0 Å². The van der Waals surface area contributed by atoms with Gasteiger partial charge in [0.2, 0.25) is 0 Å². The quantitative estimate of drug-likeness (QED) is 0.224. The molecule has 0 aromatic rings. The number of carbonyl (C=O) groups is 1. The van der Waals surface area contributed by atoms with E-state index in [0.29, 0.717) is 0 Å². The minimum absolute atomic E-state index is 0.446. The topological polar surface area (TPSA) is 196 Å². The van der Waals surface area contributed by atoms with E-state index < -0.39 is 80.6 Å². The van der Waals surface area contributed by atoms with Gasteiger partial charge in [0.05, 0.1) is 6.61 Å². The molecule has 2 aliphatic heterocycles. The molecule has 12 heteroatoms. The van der Waals surface area contributed by atoms with E-state index in [1.54, 1.807) is 0 Å². The van der Waals surface area contributed by atoms with Crippen molar-refractivity contribution in [2.75, 3.05) is 13.2 Å². The first kappa shape index (κ1) is 21.4. The fraction of sp³-hybridized carbons (Fsp3) is 0.929. The Hall–Kier alpha value is -0.930. The molecule has 2 aliphatic rings. The van der Waals surface area contributed by atoms with Crippen LogP contribution in [-0.2, 0) is 23.7 Å². The Balaban J connectivity index is 2.14. The van der Waals surface area contributed by atoms with E-state index >= 15 is 0 Å². The first-order chi connectivity index (χ1) is 12.2. The SMILES string of the molecule is CC(=O)OCC1OC(O)C(O)C(O)C1OC1OC(CO)C(O)C(O)C1O. The predicted molar refractivity (Wildman–Crippen MR) is 78.2 cm³/mol. The molecule has 7 N–H and O–H groups in total. The van der Waals surface area contributed by atoms with Crippen LogP contribution in [0.1, 0.15) is 6.92 Å². The van der Waals surface area contributed by atoms with Crippen LogP contribution in [0.5, 0.6) is 0 Å². The lowest BCUT2D eigenvalue weighted by Crippen LogP contribution is -2.64. The summed E-state index contributed by atoms with van der Waals surface area (Å²) in [7, 11) is 0. The van der Waals surface area contributed by atoms with Crippen LogP contribution in [0.3, 0.4) is 0 Å². The standard InChI is InChI=1S/C14H24O12/c1-4(16)23-3-6-12(9(19)10(20)13(22)24-6)26-14-11(21)8(18)7(17)5(2-15)25-14/h5-15,17-22H,2-3H2,1H3. The summed E-state index contributed by atoms with van der Waals surface area (Å²) in [6, 6.07) is 0. The van der Waals surface area contributed by atoms with Crippen molar-refractivity contribution in [1.82, 2.24) is 0 Å². The highest BCUT2D eigenvalue weighted by Gasteiger charge is 2.50. The van der Waals surface area contributed by atoms with Gasteiger partial charge in [0, 0.05) is 6.92 Å². The molecule has 2 saturated heterocycles. The van der Waals surface area contributed by atoms with Crippen molar-refractivity contribution in [2.24, 2.45) is 0 Å². The van der Waals surface area contributed by atoms with Gasteiger partial charge in [-0.1, -0.05) is 0 Å². The predicted octanol–water partition coefficient (Wildman–Crippen LogP) is -4.83. The van der Waals surface area contributed by atoms with E-state index in [9.17, 15) is 40.5 Å². The average molecular weight is 384 g/mol. The van der Waals surface area contributed by atoms with Crippen molar-refractivity contribution in [3.05, 3.63) is 0 Å². The van der Waals surface area contributed by atoms with E-state index in [2.05, 4.69) is 0 Å². The van der Waals surface area contributed by atoms with Gasteiger partial charge >= 0.3 is 5.97 Å². The molecule has 2 rings (SSSR count). The van der Waals surface area contributed by atoms with Gasteiger partial charge in [-0.15, -0.1) is 0 Å². The number of aliphatic hydroxyl groups excluding tert-OH is 7. The molecule has 0 saturated carbocycles. The van der Waals surface area contributed by atoms with Crippen LogP contribution >= 0.6 is 0 Å². The van der Waals surface area contributed by atoms with E-state index in [1.807, 2.05) is 0 Å². The summed E-state index contributed by atoms with van der Waals surface area (Å²) >= 11 is 0. The Morgan fingerprint density at radius 2 is 1.54 bits per heavy atom. The molecule has 26 heavy (non-hydrogen) atoms. The van der Waals surface area contributed by atoms with E-state index in [-0.39, 0.29) is 0 Å². The molecule has 0 aliphatic carbocycles. The number of esters is 1. The summed E-state index contributed by atoms with van der Waals surface area (Å²) in [4.78, 5) is 11.0. The van der Waals surface area contributed by atoms with E-state index in [4.69, 9.17) is 18.9 Å². The van der Waals surface area contributed by atoms with Crippen LogP contribution in [0.4, 0.5) is 0 Å². The minimum atomic E-state index is -1.78. The van der Waals surface area contributed by atoms with Crippen LogP contribution in [-0.4, -0.2) is 116 Å². The fourth-order valence-electron chi connectivity index (χ4n) is 2.76. The first-order valence-corrected chi connectivity index (χ1v) is 7.96. The second-order valence-electron chi connectivity index (χ2n) is 6.15. The van der Waals surface area contributed by atoms with Crippen molar-refractivity contribution in [2.45, 2.75) is 68.3 Å². The molecule has 0 aromatic carbocycles. The van der Waals surface area contributed by atoms with Crippen molar-refractivity contribution in [1.29, 1.82) is 0 Å². The molecule has 12 nitrogen and oxygen atoms in total. The Bertz CT molecular complexity index is 473. The number of aliphatic hydroxyl groups is 7. The molecular weight excluding hydrogens is 360 g/mol. The van der Waals surface area contributed by atoms with Gasteiger partial charge in [0.25, 0.3) is 0 Å². The second-order valence-corrected chi connectivity index (χ2v) is 6.15. The molecule has 10 unspecified atom stereocenters. The minimum Gasteiger partial charge on any atom is -0.463 e. The monoisotopic (exact) mass is 384 g/mol. The largest absolute Gasteiger partial charge is 0.463 e. The van der Waals surface area contributed by atoms with Crippen molar-refractivity contribution >= 4 is 5.97 Å². The van der Waals surface area contributed by atoms with Gasteiger partial charge in [0.15, 0.2) is 12.6 Å². The highest BCUT2D eigenvalue weighted by molar-refractivity contribution is 5.65. The average Bonchev–Trinajstić information content (AvgIpc) is 2.60. The lowest BCUT2D eigenvalue weighted by atomic mass is 9.97. The van der Waals surface area contributed by atoms with Gasteiger partial charge in [0.1, 0.15) is 55.4 Å². The zero-order chi connectivity index (χ0) is 19.6. The number of ether oxygens (including phenoxy) is 4. The maximum atomic E-state index is 11.0. The van der Waals surface area contributed by atoms with Crippen LogP contribution in [0.15, 0.2) is 0 Å². The Kier molecular flexibility index (Phi) is 7.27. The highest BCUT2D eigenvalue weighted by atomic mass is 16.7. The lowest BCUT2D eigenvalue weighted by Gasteiger charge is -2.45. The van der Waals surface area contributed by atoms with Gasteiger partial charge < -0.3 is 54.7 Å². The normalized spacial score (nSPS) is 46.8. The number of rotatable bonds is 5. The van der Waals surface area contributed by atoms with Gasteiger partial charge in [-0.25, -0.2) is 0 Å². The number of hydrogen-bond donors (Lipinski definition) is 7. The molecule has 152 valence electrons. The summed E-state index contributed by atoms with van der Waals surface area (Å²) in [5.41, 5.74) is 0. The third kappa shape index (κ3) is 4.48. The zero-order valence-electron chi connectivity index (χ0n) is 13.9. The van der Waals surface area contributed by atoms with E-state index in [0.717, 1.165) is 6.92 Å². The molecule has 2 fully saturated rings. The maximum absolute atomic E-state index is 11.0. The zero-order valence-corrected chi connectivity index (χ0v) is 13.9. The molecule has 0 radical (unpaired) electrons. The van der Waals surface area contributed by atoms with Gasteiger partial charge in [-0.2, -0.15) is 0 Å². The summed E-state index contributed by atoms with van der Waals surface area (Å²) in [5.74, 6) is -0.671. The third-order valence-corrected chi connectivity index (χ3v) is 4.25. The summed E-state index contributed by atoms with van der Waals surface area (Å²) in [6.07, 6.45) is -15.9. The van der Waals surface area contributed by atoms with Gasteiger partial charge in [-0.05, 0) is 0 Å². The first-order valence-electron chi connectivity index (χ1n) is 7.96. The highest BCUT2D eigenvalue weighted by Crippen LogP contribution is 2.28. The third-order valence-electron chi connectivity index (χ3n) is 4.25. The second kappa shape index (κ2) is 8.84. The molecule has 10 atom stereocenters. The number of hydrogen-bond acceptors (Lipinski definition) is 12. The number of carbonyl (C=O) groups excluding carboxylic acids is 1. The summed E-state index contributed by atoms with van der Waals surface area (Å²) < 4.78 is 20.4. The van der Waals surface area contributed by atoms with Gasteiger partial charge in [-0.3, -0.25) is 4.79 Å². The molecule has 0 spiro atoms. The lowest BCUT2D eigenvalue weighted by molar-refractivity contribution is -0.355. The van der Waals surface area contributed by atoms with Crippen LogP contribution < -0.4 is 0 Å². The molecule has 0 aromatic heterocycles. The summed E-state index contributed by atoms with van der Waals surface area (Å²) in [6.45, 7) is -0.0109. The molecule has 0 bridgehead atoms. The summed E-state index contributed by atoms with van der Waals surface area (Å²) in [5, 5.41) is 68.2. The smallest absolute Gasteiger partial charge is 0.302 e. The van der Waals surface area contributed by atoms with Crippen LogP contribution in [0, 0.1) is 0 Å². The van der Waals surface area contributed by atoms with Crippen molar-refractivity contribution in [3.8, 4) is 0 Å².